The maximum Gasteiger partial charge on any atom is 0.224 e. The van der Waals surface area contributed by atoms with E-state index in [4.69, 9.17) is 11.6 Å². The number of aryl methyl sites for hydroxylation is 1. The first-order valence-electron chi connectivity index (χ1n) is 3.63. The van der Waals surface area contributed by atoms with Crippen molar-refractivity contribution in [1.82, 2.24) is 19.5 Å². The second-order valence-electron chi connectivity index (χ2n) is 2.60. The summed E-state index contributed by atoms with van der Waals surface area (Å²) < 4.78 is 1.74. The highest BCUT2D eigenvalue weighted by Crippen LogP contribution is 2.17. The van der Waals surface area contributed by atoms with Gasteiger partial charge >= 0.3 is 0 Å². The molecule has 0 aromatic carbocycles. The maximum atomic E-state index is 5.47. The number of aromatic nitrogens is 4. The number of nitrogens with two attached hydrogens (primary N) is 2. The summed E-state index contributed by atoms with van der Waals surface area (Å²) in [7, 11) is 1.82. The monoisotopic (exact) mass is 179 g/mol. The number of imidazole rings is 1. The van der Waals surface area contributed by atoms with E-state index in [0.717, 1.165) is 0 Å². The van der Waals surface area contributed by atoms with Crippen LogP contribution in [0.4, 0.5) is 11.8 Å². The predicted molar refractivity (Wildman–Crippen MR) is 48.5 cm³/mol. The Hall–Kier alpha value is -1.89. The van der Waals surface area contributed by atoms with E-state index >= 15 is 0 Å². The van der Waals surface area contributed by atoms with Crippen molar-refractivity contribution in [1.29, 1.82) is 0 Å². The third-order valence-electron chi connectivity index (χ3n) is 1.71. The quantitative estimate of drug-likeness (QED) is 0.392. The molecule has 5 N–H and O–H groups in total. The number of nitrogen functional groups attached to an aromatic ring is 2. The van der Waals surface area contributed by atoms with E-state index < -0.39 is 0 Å². The highest BCUT2D eigenvalue weighted by Gasteiger charge is 2.08. The number of anilines is 2. The van der Waals surface area contributed by atoms with Crippen molar-refractivity contribution in [3.05, 3.63) is 6.33 Å². The number of nitrogens with zero attached hydrogens (tertiary/aromatic N) is 4. The fraction of sp³-hybridized carbons (Fsp3) is 0.167. The second-order valence-corrected chi connectivity index (χ2v) is 2.60. The fourth-order valence-electron chi connectivity index (χ4n) is 1.12. The van der Waals surface area contributed by atoms with Crippen LogP contribution in [0.3, 0.4) is 0 Å². The molecule has 0 fully saturated rings. The van der Waals surface area contributed by atoms with Crippen LogP contribution in [-0.2, 0) is 7.05 Å². The van der Waals surface area contributed by atoms with Crippen molar-refractivity contribution in [2.45, 2.75) is 0 Å². The molecule has 2 aromatic heterocycles. The molecule has 0 spiro atoms. The van der Waals surface area contributed by atoms with Crippen LogP contribution in [-0.4, -0.2) is 19.5 Å². The summed E-state index contributed by atoms with van der Waals surface area (Å²) >= 11 is 0. The highest BCUT2D eigenvalue weighted by molar-refractivity contribution is 5.83. The minimum Gasteiger partial charge on any atom is -0.368 e. The molecule has 0 aliphatic rings. The third kappa shape index (κ3) is 1.05. The van der Waals surface area contributed by atoms with Gasteiger partial charge in [0.25, 0.3) is 0 Å². The lowest BCUT2D eigenvalue weighted by atomic mass is 10.5. The van der Waals surface area contributed by atoms with Crippen molar-refractivity contribution in [2.24, 2.45) is 12.9 Å². The van der Waals surface area contributed by atoms with Gasteiger partial charge in [0.2, 0.25) is 5.95 Å². The Morgan fingerprint density at radius 1 is 1.46 bits per heavy atom. The summed E-state index contributed by atoms with van der Waals surface area (Å²) in [6, 6.07) is 0. The van der Waals surface area contributed by atoms with Gasteiger partial charge in [-0.2, -0.15) is 9.97 Å². The topological polar surface area (TPSA) is 108 Å². The van der Waals surface area contributed by atoms with Crippen molar-refractivity contribution < 1.29 is 0 Å². The molecule has 0 radical (unpaired) electrons. The Kier molecular flexibility index (Phi) is 1.52. The lowest BCUT2D eigenvalue weighted by molar-refractivity contribution is 0.929. The molecule has 7 heteroatoms. The highest BCUT2D eigenvalue weighted by atomic mass is 15.3. The Labute approximate surface area is 73.8 Å². The lowest BCUT2D eigenvalue weighted by Crippen LogP contribution is -2.11. The molecule has 0 atom stereocenters. The van der Waals surface area contributed by atoms with Crippen molar-refractivity contribution in [2.75, 3.05) is 11.2 Å². The minimum atomic E-state index is 0.170. The van der Waals surface area contributed by atoms with Gasteiger partial charge in [-0.3, -0.25) is 0 Å². The number of hydrogen-bond acceptors (Lipinski definition) is 6. The Bertz CT molecular complexity index is 445. The molecule has 0 unspecified atom stereocenters. The van der Waals surface area contributed by atoms with Gasteiger partial charge < -0.3 is 15.7 Å². The van der Waals surface area contributed by atoms with E-state index in [2.05, 4.69) is 20.4 Å². The van der Waals surface area contributed by atoms with E-state index in [1.165, 1.54) is 0 Å². The molecule has 13 heavy (non-hydrogen) atoms. The average molecular weight is 179 g/mol. The fourth-order valence-corrected chi connectivity index (χ4v) is 1.12. The largest absolute Gasteiger partial charge is 0.368 e. The van der Waals surface area contributed by atoms with E-state index in [9.17, 15) is 0 Å². The molecule has 0 bridgehead atoms. The van der Waals surface area contributed by atoms with Crippen LogP contribution < -0.4 is 17.0 Å². The molecular weight excluding hydrogens is 170 g/mol. The van der Waals surface area contributed by atoms with Gasteiger partial charge in [0.05, 0.1) is 6.33 Å². The summed E-state index contributed by atoms with van der Waals surface area (Å²) in [5.41, 5.74) is 9.15. The van der Waals surface area contributed by atoms with Gasteiger partial charge in [-0.05, 0) is 0 Å². The third-order valence-corrected chi connectivity index (χ3v) is 1.71. The molecule has 0 aliphatic carbocycles. The molecule has 2 aromatic rings. The predicted octanol–water partition coefficient (Wildman–Crippen LogP) is -0.769. The van der Waals surface area contributed by atoms with Crippen LogP contribution in [0.2, 0.25) is 0 Å². The summed E-state index contributed by atoms with van der Waals surface area (Å²) in [5, 5.41) is 0. The normalized spacial score (nSPS) is 10.6. The van der Waals surface area contributed by atoms with Crippen LogP contribution in [0, 0.1) is 0 Å². The molecule has 68 valence electrons. The van der Waals surface area contributed by atoms with Crippen molar-refractivity contribution in [3.63, 3.8) is 0 Å². The first-order valence-corrected chi connectivity index (χ1v) is 3.63. The van der Waals surface area contributed by atoms with Crippen LogP contribution in [0.25, 0.3) is 11.2 Å². The standard InChI is InChI=1S/C6H9N7/c1-13-2-9-3-4(12-8)10-6(7)11-5(3)13/h2H,8H2,1H3,(H3,7,10,11,12). The SMILES string of the molecule is Cn1cnc2c(NN)nc(N)nc21. The summed E-state index contributed by atoms with van der Waals surface area (Å²) in [5.74, 6) is 5.85. The van der Waals surface area contributed by atoms with Gasteiger partial charge in [-0.15, -0.1) is 0 Å². The zero-order valence-electron chi connectivity index (χ0n) is 7.02. The van der Waals surface area contributed by atoms with E-state index in [0.29, 0.717) is 17.0 Å². The molecule has 2 rings (SSSR count). The Morgan fingerprint density at radius 2 is 2.23 bits per heavy atom. The van der Waals surface area contributed by atoms with Crippen molar-refractivity contribution >= 4 is 22.9 Å². The smallest absolute Gasteiger partial charge is 0.224 e. The average Bonchev–Trinajstić information content (AvgIpc) is 2.47. The first kappa shape index (κ1) is 7.74. The summed E-state index contributed by atoms with van der Waals surface area (Å²) in [4.78, 5) is 12.0. The Morgan fingerprint density at radius 3 is 2.92 bits per heavy atom. The first-order chi connectivity index (χ1) is 6.22. The van der Waals surface area contributed by atoms with Gasteiger partial charge in [-0.1, -0.05) is 0 Å². The van der Waals surface area contributed by atoms with E-state index in [1.54, 1.807) is 10.9 Å². The minimum absolute atomic E-state index is 0.170. The van der Waals surface area contributed by atoms with Gasteiger partial charge in [0, 0.05) is 7.05 Å². The number of rotatable bonds is 1. The summed E-state index contributed by atoms with van der Waals surface area (Å²) in [6.45, 7) is 0. The van der Waals surface area contributed by atoms with Crippen molar-refractivity contribution in [3.8, 4) is 0 Å². The lowest BCUT2D eigenvalue weighted by Gasteiger charge is -2.00. The number of fused-ring (bicyclic) bond motifs is 1. The number of nitrogens with one attached hydrogen (secondary N) is 1. The Balaban J connectivity index is 2.84. The summed E-state index contributed by atoms with van der Waals surface area (Å²) in [6.07, 6.45) is 1.62. The van der Waals surface area contributed by atoms with Crippen LogP contribution in [0.1, 0.15) is 0 Å². The van der Waals surface area contributed by atoms with Crippen LogP contribution in [0.15, 0.2) is 6.33 Å². The second kappa shape index (κ2) is 2.56. The molecule has 7 nitrogen and oxygen atoms in total. The molecule has 0 amide bonds. The number of hydrazine groups is 1. The zero-order valence-corrected chi connectivity index (χ0v) is 7.02. The van der Waals surface area contributed by atoms with Gasteiger partial charge in [0.1, 0.15) is 0 Å². The zero-order chi connectivity index (χ0) is 9.42. The molecule has 0 saturated carbocycles. The van der Waals surface area contributed by atoms with Crippen LogP contribution >= 0.6 is 0 Å². The molecule has 0 aliphatic heterocycles. The van der Waals surface area contributed by atoms with Gasteiger partial charge in [0.15, 0.2) is 17.0 Å². The number of hydrogen-bond donors (Lipinski definition) is 3. The maximum absolute atomic E-state index is 5.47. The van der Waals surface area contributed by atoms with E-state index in [1.807, 2.05) is 7.05 Å². The van der Waals surface area contributed by atoms with Crippen LogP contribution in [0.5, 0.6) is 0 Å². The molecule has 0 saturated heterocycles. The molecular formula is C6H9N7. The van der Waals surface area contributed by atoms with E-state index in [-0.39, 0.29) is 5.95 Å². The van der Waals surface area contributed by atoms with Gasteiger partial charge in [-0.25, -0.2) is 10.8 Å². The molecule has 2 heterocycles.